The number of phenols is 1. The van der Waals surface area contributed by atoms with Crippen LogP contribution in [0.5, 0.6) is 5.75 Å². The molecular weight excluding hydrogens is 296 g/mol. The van der Waals surface area contributed by atoms with E-state index in [1.807, 2.05) is 36.4 Å². The maximum Gasteiger partial charge on any atom is 0.143 e. The zero-order valence-electron chi connectivity index (χ0n) is 13.3. The zero-order chi connectivity index (χ0) is 16.5. The van der Waals surface area contributed by atoms with Crippen molar-refractivity contribution in [1.29, 1.82) is 0 Å². The van der Waals surface area contributed by atoms with Crippen LogP contribution in [0.25, 0.3) is 33.5 Å². The number of benzene rings is 3. The third-order valence-corrected chi connectivity index (χ3v) is 4.05. The van der Waals surface area contributed by atoms with Crippen LogP contribution in [0.4, 0.5) is 0 Å². The monoisotopic (exact) mass is 312 g/mol. The lowest BCUT2D eigenvalue weighted by Crippen LogP contribution is -1.95. The van der Waals surface area contributed by atoms with Gasteiger partial charge in [-0.25, -0.2) is 9.97 Å². The number of nitrogens with zero attached hydrogens (tertiary/aromatic N) is 2. The van der Waals surface area contributed by atoms with Crippen molar-refractivity contribution < 1.29 is 5.11 Å². The molecule has 3 heteroatoms. The molecule has 0 aliphatic heterocycles. The fourth-order valence-corrected chi connectivity index (χ4v) is 2.77. The predicted molar refractivity (Wildman–Crippen MR) is 96.8 cm³/mol. The Balaban J connectivity index is 2.04. The van der Waals surface area contributed by atoms with E-state index in [0.29, 0.717) is 11.0 Å². The molecule has 0 saturated carbocycles. The van der Waals surface area contributed by atoms with Gasteiger partial charge in [0.1, 0.15) is 11.3 Å². The van der Waals surface area contributed by atoms with Gasteiger partial charge in [-0.15, -0.1) is 0 Å². The highest BCUT2D eigenvalue weighted by molar-refractivity contribution is 5.88. The normalized spacial score (nSPS) is 10.9. The quantitative estimate of drug-likeness (QED) is 0.568. The molecule has 1 N–H and O–H groups in total. The predicted octanol–water partition coefficient (Wildman–Crippen LogP) is 4.98. The molecule has 4 rings (SSSR count). The van der Waals surface area contributed by atoms with Gasteiger partial charge in [-0.3, -0.25) is 0 Å². The molecule has 1 aromatic heterocycles. The second-order valence-corrected chi connectivity index (χ2v) is 5.80. The van der Waals surface area contributed by atoms with Gasteiger partial charge in [0.25, 0.3) is 0 Å². The van der Waals surface area contributed by atoms with Crippen LogP contribution in [-0.4, -0.2) is 15.1 Å². The average molecular weight is 312 g/mol. The van der Waals surface area contributed by atoms with Gasteiger partial charge in [-0.05, 0) is 19.1 Å². The largest absolute Gasteiger partial charge is 0.506 e. The van der Waals surface area contributed by atoms with Crippen molar-refractivity contribution in [1.82, 2.24) is 9.97 Å². The summed E-state index contributed by atoms with van der Waals surface area (Å²) in [6.45, 7) is 2.06. The van der Waals surface area contributed by atoms with Gasteiger partial charge < -0.3 is 5.11 Å². The molecule has 116 valence electrons. The number of aryl methyl sites for hydroxylation is 1. The van der Waals surface area contributed by atoms with Crippen molar-refractivity contribution in [3.05, 3.63) is 78.4 Å². The van der Waals surface area contributed by atoms with E-state index in [0.717, 1.165) is 22.5 Å². The van der Waals surface area contributed by atoms with Crippen LogP contribution >= 0.6 is 0 Å². The maximum absolute atomic E-state index is 10.1. The molecular formula is C21H16N2O. The highest BCUT2D eigenvalue weighted by atomic mass is 16.3. The van der Waals surface area contributed by atoms with Crippen LogP contribution < -0.4 is 0 Å². The molecule has 4 aromatic rings. The number of rotatable bonds is 2. The Bertz CT molecular complexity index is 1010. The Labute approximate surface area is 140 Å². The van der Waals surface area contributed by atoms with E-state index in [1.54, 1.807) is 12.1 Å². The topological polar surface area (TPSA) is 46.0 Å². The van der Waals surface area contributed by atoms with Crippen LogP contribution in [0, 0.1) is 6.92 Å². The lowest BCUT2D eigenvalue weighted by Gasteiger charge is -2.11. The van der Waals surface area contributed by atoms with E-state index >= 15 is 0 Å². The Kier molecular flexibility index (Phi) is 3.47. The minimum Gasteiger partial charge on any atom is -0.506 e. The van der Waals surface area contributed by atoms with Crippen LogP contribution in [0.3, 0.4) is 0 Å². The smallest absolute Gasteiger partial charge is 0.143 e. The molecule has 0 aliphatic carbocycles. The molecule has 0 spiro atoms. The summed E-state index contributed by atoms with van der Waals surface area (Å²) in [6.07, 6.45) is 0. The summed E-state index contributed by atoms with van der Waals surface area (Å²) in [5.74, 6) is 0.146. The van der Waals surface area contributed by atoms with Crippen LogP contribution in [-0.2, 0) is 0 Å². The SMILES string of the molecule is Cc1ccc(-c2nc3cccc(O)c3nc2-c2ccccc2)cc1. The van der Waals surface area contributed by atoms with Crippen molar-refractivity contribution in [3.63, 3.8) is 0 Å². The van der Waals surface area contributed by atoms with E-state index in [2.05, 4.69) is 31.2 Å². The van der Waals surface area contributed by atoms with Crippen molar-refractivity contribution in [2.45, 2.75) is 6.92 Å². The van der Waals surface area contributed by atoms with Crippen LogP contribution in [0.2, 0.25) is 0 Å². The fourth-order valence-electron chi connectivity index (χ4n) is 2.77. The van der Waals surface area contributed by atoms with Gasteiger partial charge in [-0.1, -0.05) is 66.2 Å². The highest BCUT2D eigenvalue weighted by Gasteiger charge is 2.14. The summed E-state index contributed by atoms with van der Waals surface area (Å²) in [6, 6.07) is 23.5. The standard InChI is InChI=1S/C21H16N2O/c1-14-10-12-16(13-11-14)19-20(15-6-3-2-4-7-15)23-21-17(22-19)8-5-9-18(21)24/h2-13,24H,1H3. The summed E-state index contributed by atoms with van der Waals surface area (Å²) in [5, 5.41) is 10.1. The first kappa shape index (κ1) is 14.4. The molecule has 0 radical (unpaired) electrons. The molecule has 1 heterocycles. The molecule has 0 atom stereocenters. The van der Waals surface area contributed by atoms with E-state index in [9.17, 15) is 5.11 Å². The first-order valence-corrected chi connectivity index (χ1v) is 7.84. The summed E-state index contributed by atoms with van der Waals surface area (Å²) in [5.41, 5.74) is 5.99. The van der Waals surface area contributed by atoms with Gasteiger partial charge in [0, 0.05) is 11.1 Å². The minimum atomic E-state index is 0.146. The fraction of sp³-hybridized carbons (Fsp3) is 0.0476. The highest BCUT2D eigenvalue weighted by Crippen LogP contribution is 2.33. The van der Waals surface area contributed by atoms with Gasteiger partial charge in [0.15, 0.2) is 0 Å². The van der Waals surface area contributed by atoms with Crippen molar-refractivity contribution in [3.8, 4) is 28.3 Å². The van der Waals surface area contributed by atoms with Gasteiger partial charge in [0.05, 0.1) is 16.9 Å². The molecule has 0 amide bonds. The Morgan fingerprint density at radius 1 is 0.667 bits per heavy atom. The summed E-state index contributed by atoms with van der Waals surface area (Å²) >= 11 is 0. The summed E-state index contributed by atoms with van der Waals surface area (Å²) in [4.78, 5) is 9.52. The van der Waals surface area contributed by atoms with Crippen LogP contribution in [0.15, 0.2) is 72.8 Å². The number of para-hydroxylation sites is 1. The first-order chi connectivity index (χ1) is 11.7. The van der Waals surface area contributed by atoms with Gasteiger partial charge >= 0.3 is 0 Å². The number of hydrogen-bond donors (Lipinski definition) is 1. The molecule has 3 aromatic carbocycles. The van der Waals surface area contributed by atoms with Crippen molar-refractivity contribution in [2.75, 3.05) is 0 Å². The summed E-state index contributed by atoms with van der Waals surface area (Å²) in [7, 11) is 0. The number of aromatic nitrogens is 2. The second kappa shape index (κ2) is 5.78. The molecule has 0 bridgehead atoms. The molecule has 24 heavy (non-hydrogen) atoms. The Morgan fingerprint density at radius 3 is 2.08 bits per heavy atom. The Morgan fingerprint density at radius 2 is 1.33 bits per heavy atom. The van der Waals surface area contributed by atoms with Gasteiger partial charge in [0.2, 0.25) is 0 Å². The zero-order valence-corrected chi connectivity index (χ0v) is 13.3. The van der Waals surface area contributed by atoms with Crippen molar-refractivity contribution in [2.24, 2.45) is 0 Å². The molecule has 3 nitrogen and oxygen atoms in total. The number of aromatic hydroxyl groups is 1. The maximum atomic E-state index is 10.1. The van der Waals surface area contributed by atoms with E-state index in [-0.39, 0.29) is 5.75 Å². The molecule has 0 fully saturated rings. The van der Waals surface area contributed by atoms with Gasteiger partial charge in [-0.2, -0.15) is 0 Å². The second-order valence-electron chi connectivity index (χ2n) is 5.80. The summed E-state index contributed by atoms with van der Waals surface area (Å²) < 4.78 is 0. The molecule has 0 aliphatic rings. The number of hydrogen-bond acceptors (Lipinski definition) is 3. The van der Waals surface area contributed by atoms with E-state index < -0.39 is 0 Å². The molecule has 0 unspecified atom stereocenters. The minimum absolute atomic E-state index is 0.146. The van der Waals surface area contributed by atoms with E-state index in [4.69, 9.17) is 9.97 Å². The Hall–Kier alpha value is -3.20. The lowest BCUT2D eigenvalue weighted by molar-refractivity contribution is 0.480. The third-order valence-electron chi connectivity index (χ3n) is 4.05. The van der Waals surface area contributed by atoms with Crippen LogP contribution in [0.1, 0.15) is 5.56 Å². The number of phenolic OH excluding ortho intramolecular Hbond substituents is 1. The lowest BCUT2D eigenvalue weighted by atomic mass is 10.0. The average Bonchev–Trinajstić information content (AvgIpc) is 2.62. The number of fused-ring (bicyclic) bond motifs is 1. The molecule has 0 saturated heterocycles. The van der Waals surface area contributed by atoms with Crippen molar-refractivity contribution >= 4 is 11.0 Å². The first-order valence-electron chi connectivity index (χ1n) is 7.84. The third kappa shape index (κ3) is 2.50. The van der Waals surface area contributed by atoms with E-state index in [1.165, 1.54) is 5.56 Å².